The number of H-pyrrole nitrogens is 1. The number of hydrogen-bond donors (Lipinski definition) is 1. The van der Waals surface area contributed by atoms with Crippen molar-refractivity contribution in [3.05, 3.63) is 81.5 Å². The molecule has 0 aliphatic carbocycles. The molecule has 27 heavy (non-hydrogen) atoms. The maximum Gasteiger partial charge on any atom is 0.254 e. The number of aromatic nitrogens is 3. The maximum atomic E-state index is 13.4. The highest BCUT2D eigenvalue weighted by Gasteiger charge is 2.19. The van der Waals surface area contributed by atoms with Crippen molar-refractivity contribution in [1.82, 2.24) is 19.9 Å². The van der Waals surface area contributed by atoms with E-state index >= 15 is 0 Å². The van der Waals surface area contributed by atoms with Gasteiger partial charge in [0.1, 0.15) is 5.82 Å². The van der Waals surface area contributed by atoms with E-state index in [0.29, 0.717) is 49.4 Å². The SMILES string of the molecule is O=c1[nH]c(-c2ccncc2)nc2c1CCN(Cc1ccc(F)c(F)c1)CC2. The molecule has 2 aromatic heterocycles. The van der Waals surface area contributed by atoms with Gasteiger partial charge in [-0.25, -0.2) is 13.8 Å². The summed E-state index contributed by atoms with van der Waals surface area (Å²) in [5.74, 6) is -1.15. The van der Waals surface area contributed by atoms with Crippen molar-refractivity contribution in [2.75, 3.05) is 13.1 Å². The van der Waals surface area contributed by atoms with Crippen LogP contribution >= 0.6 is 0 Å². The van der Waals surface area contributed by atoms with Crippen LogP contribution in [0.3, 0.4) is 0 Å². The molecule has 4 rings (SSSR count). The van der Waals surface area contributed by atoms with Crippen LogP contribution in [0.5, 0.6) is 0 Å². The van der Waals surface area contributed by atoms with E-state index in [9.17, 15) is 13.6 Å². The van der Waals surface area contributed by atoms with Gasteiger partial charge in [-0.2, -0.15) is 0 Å². The van der Waals surface area contributed by atoms with Gasteiger partial charge in [0.2, 0.25) is 0 Å². The smallest absolute Gasteiger partial charge is 0.254 e. The summed E-state index contributed by atoms with van der Waals surface area (Å²) in [6.07, 6.45) is 4.51. The quantitative estimate of drug-likeness (QED) is 0.772. The van der Waals surface area contributed by atoms with E-state index in [0.717, 1.165) is 17.3 Å². The lowest BCUT2D eigenvalue weighted by atomic mass is 10.1. The largest absolute Gasteiger partial charge is 0.306 e. The van der Waals surface area contributed by atoms with Crippen molar-refractivity contribution in [1.29, 1.82) is 0 Å². The second-order valence-electron chi connectivity index (χ2n) is 6.60. The van der Waals surface area contributed by atoms with Gasteiger partial charge < -0.3 is 4.98 Å². The van der Waals surface area contributed by atoms with Crippen LogP contribution in [0, 0.1) is 11.6 Å². The van der Waals surface area contributed by atoms with Crippen molar-refractivity contribution in [2.45, 2.75) is 19.4 Å². The monoisotopic (exact) mass is 368 g/mol. The number of nitrogens with one attached hydrogen (secondary N) is 1. The minimum Gasteiger partial charge on any atom is -0.306 e. The number of fused-ring (bicyclic) bond motifs is 1. The molecule has 0 radical (unpaired) electrons. The number of benzene rings is 1. The summed E-state index contributed by atoms with van der Waals surface area (Å²) in [5, 5.41) is 0. The van der Waals surface area contributed by atoms with Crippen LogP contribution in [0.25, 0.3) is 11.4 Å². The Hall–Kier alpha value is -2.93. The minimum atomic E-state index is -0.846. The molecule has 0 bridgehead atoms. The molecule has 0 spiro atoms. The van der Waals surface area contributed by atoms with Gasteiger partial charge in [0.15, 0.2) is 11.6 Å². The molecule has 7 heteroatoms. The van der Waals surface area contributed by atoms with Gasteiger partial charge in [-0.15, -0.1) is 0 Å². The Kier molecular flexibility index (Phi) is 4.77. The van der Waals surface area contributed by atoms with Crippen LogP contribution in [-0.2, 0) is 19.4 Å². The van der Waals surface area contributed by atoms with E-state index in [1.165, 1.54) is 6.07 Å². The zero-order valence-corrected chi connectivity index (χ0v) is 14.6. The fraction of sp³-hybridized carbons (Fsp3) is 0.250. The first-order valence-electron chi connectivity index (χ1n) is 8.79. The second-order valence-corrected chi connectivity index (χ2v) is 6.60. The third kappa shape index (κ3) is 3.78. The lowest BCUT2D eigenvalue weighted by molar-refractivity contribution is 0.278. The fourth-order valence-corrected chi connectivity index (χ4v) is 3.36. The summed E-state index contributed by atoms with van der Waals surface area (Å²) < 4.78 is 26.5. The lowest BCUT2D eigenvalue weighted by Crippen LogP contribution is -2.26. The molecule has 0 saturated carbocycles. The van der Waals surface area contributed by atoms with E-state index in [1.807, 2.05) is 0 Å². The molecule has 0 atom stereocenters. The zero-order valence-electron chi connectivity index (χ0n) is 14.6. The van der Waals surface area contributed by atoms with Crippen LogP contribution in [0.2, 0.25) is 0 Å². The summed E-state index contributed by atoms with van der Waals surface area (Å²) in [7, 11) is 0. The Morgan fingerprint density at radius 3 is 2.59 bits per heavy atom. The number of pyridine rings is 1. The molecular weight excluding hydrogens is 350 g/mol. The lowest BCUT2D eigenvalue weighted by Gasteiger charge is -2.19. The Bertz CT molecular complexity index is 1020. The van der Waals surface area contributed by atoms with Crippen molar-refractivity contribution in [2.24, 2.45) is 0 Å². The van der Waals surface area contributed by atoms with Crippen molar-refractivity contribution in [3.63, 3.8) is 0 Å². The summed E-state index contributed by atoms with van der Waals surface area (Å²) >= 11 is 0. The number of rotatable bonds is 3. The Morgan fingerprint density at radius 1 is 1.04 bits per heavy atom. The number of nitrogens with zero attached hydrogens (tertiary/aromatic N) is 3. The van der Waals surface area contributed by atoms with E-state index < -0.39 is 11.6 Å². The van der Waals surface area contributed by atoms with Crippen molar-refractivity contribution in [3.8, 4) is 11.4 Å². The second kappa shape index (κ2) is 7.36. The third-order valence-corrected chi connectivity index (χ3v) is 4.79. The van der Waals surface area contributed by atoms with Crippen LogP contribution < -0.4 is 5.56 Å². The van der Waals surface area contributed by atoms with E-state index in [4.69, 9.17) is 0 Å². The first-order valence-corrected chi connectivity index (χ1v) is 8.79. The molecule has 0 saturated heterocycles. The molecule has 5 nitrogen and oxygen atoms in total. The molecule has 138 valence electrons. The molecule has 1 aliphatic rings. The number of aromatic amines is 1. The van der Waals surface area contributed by atoms with Gasteiger partial charge in [0.25, 0.3) is 5.56 Å². The molecule has 3 heterocycles. The Labute approximate surface area is 154 Å². The molecular formula is C20H18F2N4O. The van der Waals surface area contributed by atoms with Crippen molar-refractivity contribution < 1.29 is 8.78 Å². The zero-order chi connectivity index (χ0) is 18.8. The number of halogens is 2. The molecule has 3 aromatic rings. The predicted octanol–water partition coefficient (Wildman–Crippen LogP) is 2.71. The van der Waals surface area contributed by atoms with Gasteiger partial charge >= 0.3 is 0 Å². The highest BCUT2D eigenvalue weighted by Crippen LogP contribution is 2.18. The number of hydrogen-bond acceptors (Lipinski definition) is 4. The Morgan fingerprint density at radius 2 is 1.81 bits per heavy atom. The average molecular weight is 368 g/mol. The standard InChI is InChI=1S/C20H18F2N4O/c21-16-2-1-13(11-17(16)22)12-26-9-5-15-18(6-10-26)24-19(25-20(15)27)14-3-7-23-8-4-14/h1-4,7-8,11H,5-6,9-10,12H2,(H,24,25,27). The summed E-state index contributed by atoms with van der Waals surface area (Å²) in [5.41, 5.74) is 2.88. The minimum absolute atomic E-state index is 0.124. The van der Waals surface area contributed by atoms with Crippen LogP contribution in [-0.4, -0.2) is 32.9 Å². The first kappa shape index (κ1) is 17.5. The van der Waals surface area contributed by atoms with Gasteiger partial charge in [0, 0.05) is 49.6 Å². The third-order valence-electron chi connectivity index (χ3n) is 4.79. The molecule has 0 unspecified atom stereocenters. The topological polar surface area (TPSA) is 61.9 Å². The van der Waals surface area contributed by atoms with E-state index in [1.54, 1.807) is 30.6 Å². The van der Waals surface area contributed by atoms with Crippen LogP contribution in [0.4, 0.5) is 8.78 Å². The fourth-order valence-electron chi connectivity index (χ4n) is 3.36. The average Bonchev–Trinajstić information content (AvgIpc) is 2.88. The molecule has 1 N–H and O–H groups in total. The van der Waals surface area contributed by atoms with Crippen LogP contribution in [0.1, 0.15) is 16.8 Å². The predicted molar refractivity (Wildman–Crippen MR) is 97.1 cm³/mol. The Balaban J connectivity index is 1.55. The maximum absolute atomic E-state index is 13.4. The van der Waals surface area contributed by atoms with Gasteiger partial charge in [0.05, 0.1) is 5.69 Å². The van der Waals surface area contributed by atoms with Gasteiger partial charge in [-0.05, 0) is 36.2 Å². The molecule has 1 aromatic carbocycles. The summed E-state index contributed by atoms with van der Waals surface area (Å²) in [4.78, 5) is 26.1. The first-order chi connectivity index (χ1) is 13.1. The van der Waals surface area contributed by atoms with E-state index in [-0.39, 0.29) is 5.56 Å². The highest BCUT2D eigenvalue weighted by atomic mass is 19.2. The van der Waals surface area contributed by atoms with Gasteiger partial charge in [-0.1, -0.05) is 6.07 Å². The normalized spacial score (nSPS) is 14.6. The van der Waals surface area contributed by atoms with Crippen molar-refractivity contribution >= 4 is 0 Å². The van der Waals surface area contributed by atoms with Gasteiger partial charge in [-0.3, -0.25) is 14.7 Å². The highest BCUT2D eigenvalue weighted by molar-refractivity contribution is 5.54. The molecule has 0 fully saturated rings. The molecule has 1 aliphatic heterocycles. The van der Waals surface area contributed by atoms with Crippen LogP contribution in [0.15, 0.2) is 47.5 Å². The summed E-state index contributed by atoms with van der Waals surface area (Å²) in [6.45, 7) is 1.85. The van der Waals surface area contributed by atoms with E-state index in [2.05, 4.69) is 19.9 Å². The molecule has 0 amide bonds. The summed E-state index contributed by atoms with van der Waals surface area (Å²) in [6, 6.07) is 7.56.